The molecular formula is C19H22N2O4S. The standard InChI is InChI=1S/C19H22N2O4S/c1-25-15-5-14-20-26(23,24)18-11-9-17(10-12-18)21-19(22)13-8-16-6-3-2-4-7-16/h2-4,6-13,20H,5,14-15H2,1H3,(H,21,22). The van der Waals surface area contributed by atoms with E-state index in [1.807, 2.05) is 30.3 Å². The van der Waals surface area contributed by atoms with Crippen molar-refractivity contribution in [3.63, 3.8) is 0 Å². The Kier molecular flexibility index (Phi) is 7.53. The monoisotopic (exact) mass is 374 g/mol. The van der Waals surface area contributed by atoms with Crippen molar-refractivity contribution in [1.82, 2.24) is 4.72 Å². The Morgan fingerprint density at radius 2 is 1.77 bits per heavy atom. The van der Waals surface area contributed by atoms with Crippen LogP contribution in [0.2, 0.25) is 0 Å². The molecule has 1 amide bonds. The van der Waals surface area contributed by atoms with E-state index >= 15 is 0 Å². The average Bonchev–Trinajstić information content (AvgIpc) is 2.65. The topological polar surface area (TPSA) is 84.5 Å². The Morgan fingerprint density at radius 3 is 2.42 bits per heavy atom. The smallest absolute Gasteiger partial charge is 0.248 e. The van der Waals surface area contributed by atoms with Crippen molar-refractivity contribution in [3.05, 3.63) is 66.2 Å². The molecular weight excluding hydrogens is 352 g/mol. The first kappa shape index (κ1) is 19.8. The van der Waals surface area contributed by atoms with Crippen molar-refractivity contribution < 1.29 is 17.9 Å². The molecule has 2 aromatic carbocycles. The second-order valence-corrected chi connectivity index (χ2v) is 7.27. The van der Waals surface area contributed by atoms with Gasteiger partial charge in [0.05, 0.1) is 4.90 Å². The van der Waals surface area contributed by atoms with E-state index in [4.69, 9.17) is 4.74 Å². The second-order valence-electron chi connectivity index (χ2n) is 5.50. The van der Waals surface area contributed by atoms with E-state index in [1.165, 1.54) is 18.2 Å². The zero-order chi connectivity index (χ0) is 18.8. The molecule has 2 aromatic rings. The summed E-state index contributed by atoms with van der Waals surface area (Å²) in [6.45, 7) is 0.795. The first-order valence-electron chi connectivity index (χ1n) is 8.14. The highest BCUT2D eigenvalue weighted by Gasteiger charge is 2.13. The van der Waals surface area contributed by atoms with E-state index < -0.39 is 10.0 Å². The molecule has 138 valence electrons. The van der Waals surface area contributed by atoms with Gasteiger partial charge in [0, 0.05) is 32.0 Å². The SMILES string of the molecule is COCCCNS(=O)(=O)c1ccc(NC(=O)C=Cc2ccccc2)cc1. The fourth-order valence-corrected chi connectivity index (χ4v) is 3.22. The number of nitrogens with one attached hydrogen (secondary N) is 2. The Balaban J connectivity index is 1.92. The van der Waals surface area contributed by atoms with Gasteiger partial charge in [0.1, 0.15) is 0 Å². The summed E-state index contributed by atoms with van der Waals surface area (Å²) in [5, 5.41) is 2.69. The number of sulfonamides is 1. The van der Waals surface area contributed by atoms with Gasteiger partial charge in [0.25, 0.3) is 0 Å². The van der Waals surface area contributed by atoms with Crippen molar-refractivity contribution in [2.75, 3.05) is 25.6 Å². The summed E-state index contributed by atoms with van der Waals surface area (Å²) in [4.78, 5) is 12.1. The molecule has 26 heavy (non-hydrogen) atoms. The van der Waals surface area contributed by atoms with E-state index in [1.54, 1.807) is 25.3 Å². The summed E-state index contributed by atoms with van der Waals surface area (Å²) in [5.74, 6) is -0.290. The molecule has 0 saturated carbocycles. The predicted molar refractivity (Wildman–Crippen MR) is 102 cm³/mol. The lowest BCUT2D eigenvalue weighted by atomic mass is 10.2. The van der Waals surface area contributed by atoms with Crippen LogP contribution in [0.25, 0.3) is 6.08 Å². The van der Waals surface area contributed by atoms with Crippen LogP contribution in [0.15, 0.2) is 65.6 Å². The van der Waals surface area contributed by atoms with Gasteiger partial charge < -0.3 is 10.1 Å². The van der Waals surface area contributed by atoms with Gasteiger partial charge in [0.15, 0.2) is 0 Å². The van der Waals surface area contributed by atoms with Crippen LogP contribution in [0.5, 0.6) is 0 Å². The summed E-state index contributed by atoms with van der Waals surface area (Å²) < 4.78 is 31.7. The fraction of sp³-hybridized carbons (Fsp3) is 0.211. The third-order valence-electron chi connectivity index (χ3n) is 3.48. The van der Waals surface area contributed by atoms with Crippen LogP contribution >= 0.6 is 0 Å². The summed E-state index contributed by atoms with van der Waals surface area (Å²) in [6.07, 6.45) is 3.73. The molecule has 2 N–H and O–H groups in total. The number of anilines is 1. The number of hydrogen-bond acceptors (Lipinski definition) is 4. The molecule has 7 heteroatoms. The van der Waals surface area contributed by atoms with Gasteiger partial charge in [-0.15, -0.1) is 0 Å². The molecule has 0 bridgehead atoms. The molecule has 0 fully saturated rings. The molecule has 0 spiro atoms. The van der Waals surface area contributed by atoms with Gasteiger partial charge in [-0.3, -0.25) is 4.79 Å². The average molecular weight is 374 g/mol. The molecule has 0 aliphatic rings. The molecule has 0 unspecified atom stereocenters. The Labute approximate surface area is 153 Å². The number of methoxy groups -OCH3 is 1. The third-order valence-corrected chi connectivity index (χ3v) is 4.95. The van der Waals surface area contributed by atoms with Crippen molar-refractivity contribution >= 4 is 27.7 Å². The molecule has 6 nitrogen and oxygen atoms in total. The summed E-state index contributed by atoms with van der Waals surface area (Å²) in [6, 6.07) is 15.5. The molecule has 0 radical (unpaired) electrons. The highest BCUT2D eigenvalue weighted by atomic mass is 32.2. The van der Waals surface area contributed by atoms with E-state index in [9.17, 15) is 13.2 Å². The normalized spacial score (nSPS) is 11.6. The lowest BCUT2D eigenvalue weighted by Crippen LogP contribution is -2.25. The van der Waals surface area contributed by atoms with Gasteiger partial charge >= 0.3 is 0 Å². The van der Waals surface area contributed by atoms with Crippen LogP contribution < -0.4 is 10.0 Å². The minimum atomic E-state index is -3.56. The maximum Gasteiger partial charge on any atom is 0.248 e. The van der Waals surface area contributed by atoms with Crippen LogP contribution in [-0.4, -0.2) is 34.6 Å². The minimum Gasteiger partial charge on any atom is -0.385 e. The van der Waals surface area contributed by atoms with Gasteiger partial charge in [-0.05, 0) is 42.3 Å². The summed E-state index contributed by atoms with van der Waals surface area (Å²) >= 11 is 0. The molecule has 0 aliphatic carbocycles. The second kappa shape index (κ2) is 9.86. The Bertz CT molecular complexity index is 832. The highest BCUT2D eigenvalue weighted by molar-refractivity contribution is 7.89. The maximum atomic E-state index is 12.1. The van der Waals surface area contributed by atoms with Crippen molar-refractivity contribution in [2.24, 2.45) is 0 Å². The first-order valence-corrected chi connectivity index (χ1v) is 9.62. The largest absolute Gasteiger partial charge is 0.385 e. The highest BCUT2D eigenvalue weighted by Crippen LogP contribution is 2.14. The number of carbonyl (C=O) groups is 1. The number of ether oxygens (including phenoxy) is 1. The van der Waals surface area contributed by atoms with Crippen molar-refractivity contribution in [2.45, 2.75) is 11.3 Å². The molecule has 0 heterocycles. The maximum absolute atomic E-state index is 12.1. The number of carbonyl (C=O) groups excluding carboxylic acids is 1. The van der Waals surface area contributed by atoms with Crippen LogP contribution in [0.4, 0.5) is 5.69 Å². The Hall–Kier alpha value is -2.48. The van der Waals surface area contributed by atoms with E-state index in [-0.39, 0.29) is 10.8 Å². The molecule has 0 aliphatic heterocycles. The van der Waals surface area contributed by atoms with Crippen LogP contribution in [0, 0.1) is 0 Å². The summed E-state index contributed by atoms with van der Waals surface area (Å²) in [5.41, 5.74) is 1.44. The molecule has 0 atom stereocenters. The number of benzene rings is 2. The van der Waals surface area contributed by atoms with Gasteiger partial charge in [-0.1, -0.05) is 30.3 Å². The zero-order valence-corrected chi connectivity index (χ0v) is 15.3. The molecule has 0 aromatic heterocycles. The lowest BCUT2D eigenvalue weighted by molar-refractivity contribution is -0.111. The minimum absolute atomic E-state index is 0.146. The summed E-state index contributed by atoms with van der Waals surface area (Å²) in [7, 11) is -2.00. The predicted octanol–water partition coefficient (Wildman–Crippen LogP) is 2.65. The van der Waals surface area contributed by atoms with E-state index in [2.05, 4.69) is 10.0 Å². The quantitative estimate of drug-likeness (QED) is 0.522. The van der Waals surface area contributed by atoms with Gasteiger partial charge in [-0.2, -0.15) is 0 Å². The third kappa shape index (κ3) is 6.44. The van der Waals surface area contributed by atoms with Gasteiger partial charge in [0.2, 0.25) is 15.9 Å². The van der Waals surface area contributed by atoms with Crippen molar-refractivity contribution in [1.29, 1.82) is 0 Å². The first-order chi connectivity index (χ1) is 12.5. The van der Waals surface area contributed by atoms with Crippen LogP contribution in [0.3, 0.4) is 0 Å². The number of rotatable bonds is 9. The van der Waals surface area contributed by atoms with Crippen molar-refractivity contribution in [3.8, 4) is 0 Å². The number of amides is 1. The molecule has 2 rings (SSSR count). The van der Waals surface area contributed by atoms with E-state index in [0.29, 0.717) is 25.3 Å². The zero-order valence-electron chi connectivity index (χ0n) is 14.5. The Morgan fingerprint density at radius 1 is 1.08 bits per heavy atom. The number of hydrogen-bond donors (Lipinski definition) is 2. The fourth-order valence-electron chi connectivity index (χ4n) is 2.14. The van der Waals surface area contributed by atoms with E-state index in [0.717, 1.165) is 5.56 Å². The van der Waals surface area contributed by atoms with Crippen LogP contribution in [0.1, 0.15) is 12.0 Å². The lowest BCUT2D eigenvalue weighted by Gasteiger charge is -2.08. The van der Waals surface area contributed by atoms with Gasteiger partial charge in [-0.25, -0.2) is 13.1 Å². The molecule has 0 saturated heterocycles. The van der Waals surface area contributed by atoms with Crippen LogP contribution in [-0.2, 0) is 19.6 Å².